The van der Waals surface area contributed by atoms with Crippen molar-refractivity contribution in [2.75, 3.05) is 0 Å². The van der Waals surface area contributed by atoms with E-state index in [2.05, 4.69) is 24.3 Å². The molecule has 4 nitrogen and oxygen atoms in total. The van der Waals surface area contributed by atoms with Crippen LogP contribution >= 0.6 is 0 Å². The third-order valence-corrected chi connectivity index (χ3v) is 8.45. The van der Waals surface area contributed by atoms with E-state index in [0.29, 0.717) is 5.71 Å². The molecule has 0 fully saturated rings. The minimum absolute atomic E-state index is 0.198. The van der Waals surface area contributed by atoms with Crippen LogP contribution in [0.5, 0.6) is 0 Å². The molecule has 0 unspecified atom stereocenters. The van der Waals surface area contributed by atoms with Crippen molar-refractivity contribution < 1.29 is 8.42 Å². The van der Waals surface area contributed by atoms with Gasteiger partial charge in [-0.3, -0.25) is 0 Å². The Morgan fingerprint density at radius 3 is 1.51 bits per heavy atom. The standard InChI is InChI=1S/C34H26N2O2S/c37-39(38,30-24-14-5-15-25-30)36-34(29-22-12-4-13-23-29)32(33(35-36)28-20-10-3-11-21-28)31(26-16-6-1-7-17-26)27-18-8-2-9-19-27/h1-25,34H/t34-/m0/s1. The van der Waals surface area contributed by atoms with Gasteiger partial charge >= 0.3 is 0 Å². The van der Waals surface area contributed by atoms with Crippen molar-refractivity contribution in [1.82, 2.24) is 4.41 Å². The highest BCUT2D eigenvalue weighted by atomic mass is 32.2. The highest BCUT2D eigenvalue weighted by Crippen LogP contribution is 2.45. The molecule has 0 saturated heterocycles. The van der Waals surface area contributed by atoms with Gasteiger partial charge in [0.1, 0.15) is 6.04 Å². The highest BCUT2D eigenvalue weighted by Gasteiger charge is 2.43. The summed E-state index contributed by atoms with van der Waals surface area (Å²) in [4.78, 5) is 0.198. The fourth-order valence-electron chi connectivity index (χ4n) is 5.02. The lowest BCUT2D eigenvalue weighted by molar-refractivity contribution is 0.397. The predicted molar refractivity (Wildman–Crippen MR) is 157 cm³/mol. The second kappa shape index (κ2) is 10.6. The summed E-state index contributed by atoms with van der Waals surface area (Å²) < 4.78 is 29.8. The molecule has 1 heterocycles. The van der Waals surface area contributed by atoms with E-state index in [9.17, 15) is 8.42 Å². The third kappa shape index (κ3) is 4.69. The van der Waals surface area contributed by atoms with Gasteiger partial charge in [-0.05, 0) is 34.4 Å². The molecular weight excluding hydrogens is 500 g/mol. The molecule has 0 spiro atoms. The Hall–Kier alpha value is -4.74. The minimum Gasteiger partial charge on any atom is -0.200 e. The van der Waals surface area contributed by atoms with Crippen LogP contribution in [-0.2, 0) is 10.0 Å². The van der Waals surface area contributed by atoms with Gasteiger partial charge in [0.15, 0.2) is 0 Å². The zero-order valence-corrected chi connectivity index (χ0v) is 21.9. The predicted octanol–water partition coefficient (Wildman–Crippen LogP) is 7.34. The Morgan fingerprint density at radius 1 is 0.564 bits per heavy atom. The molecule has 1 aliphatic rings. The van der Waals surface area contributed by atoms with Gasteiger partial charge in [0.2, 0.25) is 0 Å². The van der Waals surface area contributed by atoms with E-state index in [1.807, 2.05) is 103 Å². The first-order valence-corrected chi connectivity index (χ1v) is 14.2. The van der Waals surface area contributed by atoms with Crippen molar-refractivity contribution in [3.63, 3.8) is 0 Å². The molecule has 0 aromatic heterocycles. The summed E-state index contributed by atoms with van der Waals surface area (Å²) in [6, 6.07) is 47.6. The summed E-state index contributed by atoms with van der Waals surface area (Å²) in [5, 5.41) is 4.92. The molecule has 39 heavy (non-hydrogen) atoms. The molecule has 0 aliphatic carbocycles. The number of nitrogens with zero attached hydrogens (tertiary/aromatic N) is 2. The summed E-state index contributed by atoms with van der Waals surface area (Å²) in [7, 11) is -4.00. The largest absolute Gasteiger partial charge is 0.279 e. The molecule has 0 saturated carbocycles. The van der Waals surface area contributed by atoms with Gasteiger partial charge in [0.05, 0.1) is 10.6 Å². The van der Waals surface area contributed by atoms with Crippen molar-refractivity contribution in [1.29, 1.82) is 0 Å². The zero-order valence-electron chi connectivity index (χ0n) is 21.1. The maximum atomic E-state index is 14.2. The average Bonchev–Trinajstić information content (AvgIpc) is 3.41. The van der Waals surface area contributed by atoms with Crippen LogP contribution in [0.25, 0.3) is 5.57 Å². The second-order valence-corrected chi connectivity index (χ2v) is 11.0. The summed E-state index contributed by atoms with van der Waals surface area (Å²) in [5.41, 5.74) is 6.08. The highest BCUT2D eigenvalue weighted by molar-refractivity contribution is 7.89. The Bertz CT molecular complexity index is 1690. The lowest BCUT2D eigenvalue weighted by atomic mass is 9.84. The number of hydrogen-bond donors (Lipinski definition) is 0. The lowest BCUT2D eigenvalue weighted by Gasteiger charge is -2.26. The van der Waals surface area contributed by atoms with E-state index >= 15 is 0 Å². The molecule has 190 valence electrons. The Balaban J connectivity index is 1.72. The van der Waals surface area contributed by atoms with E-state index < -0.39 is 16.1 Å². The van der Waals surface area contributed by atoms with Crippen molar-refractivity contribution in [3.8, 4) is 0 Å². The van der Waals surface area contributed by atoms with Gasteiger partial charge in [0, 0.05) is 11.1 Å². The van der Waals surface area contributed by atoms with E-state index in [0.717, 1.165) is 33.4 Å². The van der Waals surface area contributed by atoms with Crippen molar-refractivity contribution in [2.24, 2.45) is 5.10 Å². The minimum atomic E-state index is -4.00. The molecule has 0 N–H and O–H groups in total. The summed E-state index contributed by atoms with van der Waals surface area (Å²) in [6.07, 6.45) is 0. The molecule has 0 bridgehead atoms. The third-order valence-electron chi connectivity index (χ3n) is 6.79. The first kappa shape index (κ1) is 24.6. The van der Waals surface area contributed by atoms with Gasteiger partial charge in [0.25, 0.3) is 10.0 Å². The van der Waals surface area contributed by atoms with Crippen molar-refractivity contribution in [3.05, 3.63) is 179 Å². The lowest BCUT2D eigenvalue weighted by Crippen LogP contribution is -2.28. The topological polar surface area (TPSA) is 49.7 Å². The summed E-state index contributed by atoms with van der Waals surface area (Å²) >= 11 is 0. The average molecular weight is 527 g/mol. The molecule has 5 aromatic rings. The van der Waals surface area contributed by atoms with E-state index in [1.54, 1.807) is 24.3 Å². The van der Waals surface area contributed by atoms with Crippen LogP contribution in [0.1, 0.15) is 28.3 Å². The van der Waals surface area contributed by atoms with E-state index in [1.165, 1.54) is 4.41 Å². The van der Waals surface area contributed by atoms with Crippen LogP contribution < -0.4 is 0 Å². The van der Waals surface area contributed by atoms with Crippen LogP contribution in [0.15, 0.2) is 167 Å². The maximum absolute atomic E-state index is 14.2. The normalized spacial score (nSPS) is 15.2. The SMILES string of the molecule is O=S(=O)(c1ccccc1)N1N=C(c2ccccc2)C(=C(c2ccccc2)c2ccccc2)[C@@H]1c1ccccc1. The maximum Gasteiger partial charge on any atom is 0.279 e. The molecule has 1 aliphatic heterocycles. The summed E-state index contributed by atoms with van der Waals surface area (Å²) in [5.74, 6) is 0. The van der Waals surface area contributed by atoms with Crippen LogP contribution in [-0.4, -0.2) is 18.5 Å². The molecule has 5 aromatic carbocycles. The van der Waals surface area contributed by atoms with Crippen molar-refractivity contribution >= 4 is 21.3 Å². The quantitative estimate of drug-likeness (QED) is 0.232. The molecule has 0 radical (unpaired) electrons. The molecule has 0 amide bonds. The van der Waals surface area contributed by atoms with Gasteiger partial charge in [-0.1, -0.05) is 140 Å². The monoisotopic (exact) mass is 526 g/mol. The number of sulfonamides is 1. The molecular formula is C34H26N2O2S. The van der Waals surface area contributed by atoms with Gasteiger partial charge < -0.3 is 0 Å². The molecule has 5 heteroatoms. The number of hydrogen-bond acceptors (Lipinski definition) is 3. The first-order chi connectivity index (χ1) is 19.1. The van der Waals surface area contributed by atoms with Gasteiger partial charge in [-0.25, -0.2) is 0 Å². The number of benzene rings is 5. The fourth-order valence-corrected chi connectivity index (χ4v) is 6.44. The van der Waals surface area contributed by atoms with Gasteiger partial charge in [-0.2, -0.15) is 17.9 Å². The molecule has 1 atom stereocenters. The Kier molecular flexibility index (Phi) is 6.66. The zero-order chi connectivity index (χ0) is 26.7. The second-order valence-electron chi connectivity index (χ2n) is 9.24. The van der Waals surface area contributed by atoms with E-state index in [-0.39, 0.29) is 4.90 Å². The van der Waals surface area contributed by atoms with Gasteiger partial charge in [-0.15, -0.1) is 0 Å². The number of hydrazone groups is 1. The smallest absolute Gasteiger partial charge is 0.200 e. The van der Waals surface area contributed by atoms with Crippen LogP contribution in [0.3, 0.4) is 0 Å². The van der Waals surface area contributed by atoms with Crippen LogP contribution in [0.2, 0.25) is 0 Å². The van der Waals surface area contributed by atoms with Crippen LogP contribution in [0, 0.1) is 0 Å². The first-order valence-electron chi connectivity index (χ1n) is 12.8. The molecule has 6 rings (SSSR count). The Morgan fingerprint density at radius 2 is 1.00 bits per heavy atom. The van der Waals surface area contributed by atoms with E-state index in [4.69, 9.17) is 5.10 Å². The number of rotatable bonds is 6. The fraction of sp³-hybridized carbons (Fsp3) is 0.0294. The summed E-state index contributed by atoms with van der Waals surface area (Å²) in [6.45, 7) is 0. The van der Waals surface area contributed by atoms with Crippen LogP contribution in [0.4, 0.5) is 0 Å². The van der Waals surface area contributed by atoms with Crippen molar-refractivity contribution in [2.45, 2.75) is 10.9 Å². The Labute approximate surface area is 229 Å².